The third-order valence-corrected chi connectivity index (χ3v) is 0.868. The second-order valence-corrected chi connectivity index (χ2v) is 2.52. The van der Waals surface area contributed by atoms with Gasteiger partial charge in [-0.1, -0.05) is 12.2 Å². The van der Waals surface area contributed by atoms with Gasteiger partial charge >= 0.3 is 11.9 Å². The molecule has 1 N–H and O–H groups in total. The molecule has 0 aliphatic carbocycles. The molecule has 80 valence electrons. The average Bonchev–Trinajstić information content (AvgIpc) is 2.04. The van der Waals surface area contributed by atoms with Crippen LogP contribution in [0.4, 0.5) is 0 Å². The fourth-order valence-corrected chi connectivity index (χ4v) is 0.420. The third kappa shape index (κ3) is 16.8. The number of ether oxygens (including phenoxy) is 1. The summed E-state index contributed by atoms with van der Waals surface area (Å²) in [6.07, 6.45) is 2.31. The van der Waals surface area contributed by atoms with Gasteiger partial charge in [0.05, 0.1) is 6.61 Å². The molecule has 0 aromatic rings. The number of carbonyl (C=O) groups excluding carboxylic acids is 1. The van der Waals surface area contributed by atoms with Gasteiger partial charge in [0.15, 0.2) is 0 Å². The molecular weight excluding hydrogens is 184 g/mol. The molecule has 0 unspecified atom stereocenters. The standard InChI is InChI=1S/C7H12O2.C3H4O2/c1-4-9-7(8)5-6(2)3;1-2-3(4)5/h5H,4H2,1-3H3;2H,1H2,(H,4,5). The summed E-state index contributed by atoms with van der Waals surface area (Å²) in [4.78, 5) is 19.8. The SMILES string of the molecule is C=CC(=O)O.CCOC(=O)C=C(C)C. The van der Waals surface area contributed by atoms with Gasteiger partial charge in [-0.25, -0.2) is 9.59 Å². The van der Waals surface area contributed by atoms with Crippen LogP contribution in [0.25, 0.3) is 0 Å². The summed E-state index contributed by atoms with van der Waals surface area (Å²) >= 11 is 0. The number of carboxylic acid groups (broad SMARTS) is 1. The van der Waals surface area contributed by atoms with E-state index < -0.39 is 5.97 Å². The first-order valence-electron chi connectivity index (χ1n) is 4.11. The van der Waals surface area contributed by atoms with Crippen molar-refractivity contribution in [3.05, 3.63) is 24.3 Å². The summed E-state index contributed by atoms with van der Waals surface area (Å²) in [5.74, 6) is -1.23. The van der Waals surface area contributed by atoms with Gasteiger partial charge in [-0.2, -0.15) is 0 Å². The van der Waals surface area contributed by atoms with Crippen LogP contribution in [0.2, 0.25) is 0 Å². The van der Waals surface area contributed by atoms with Crippen molar-refractivity contribution in [3.63, 3.8) is 0 Å². The molecule has 0 radical (unpaired) electrons. The maximum absolute atomic E-state index is 10.6. The van der Waals surface area contributed by atoms with Crippen LogP contribution in [0, 0.1) is 0 Å². The lowest BCUT2D eigenvalue weighted by Crippen LogP contribution is -1.99. The van der Waals surface area contributed by atoms with Crippen molar-refractivity contribution in [1.29, 1.82) is 0 Å². The summed E-state index contributed by atoms with van der Waals surface area (Å²) in [7, 11) is 0. The number of hydrogen-bond acceptors (Lipinski definition) is 3. The first kappa shape index (κ1) is 14.9. The third-order valence-electron chi connectivity index (χ3n) is 0.868. The van der Waals surface area contributed by atoms with Crippen molar-refractivity contribution in [3.8, 4) is 0 Å². The zero-order chi connectivity index (χ0) is 11.6. The van der Waals surface area contributed by atoms with Crippen molar-refractivity contribution < 1.29 is 19.4 Å². The van der Waals surface area contributed by atoms with Crippen molar-refractivity contribution in [2.24, 2.45) is 0 Å². The van der Waals surface area contributed by atoms with Gasteiger partial charge in [0.1, 0.15) is 0 Å². The molecule has 0 rings (SSSR count). The molecule has 0 spiro atoms. The Labute approximate surface area is 83.9 Å². The zero-order valence-electron chi connectivity index (χ0n) is 8.74. The molecule has 0 atom stereocenters. The van der Waals surface area contributed by atoms with Crippen LogP contribution in [-0.4, -0.2) is 23.7 Å². The topological polar surface area (TPSA) is 63.6 Å². The molecule has 0 heterocycles. The average molecular weight is 200 g/mol. The van der Waals surface area contributed by atoms with E-state index in [2.05, 4.69) is 11.3 Å². The maximum Gasteiger partial charge on any atom is 0.330 e. The maximum atomic E-state index is 10.6. The molecule has 0 aromatic carbocycles. The number of carbonyl (C=O) groups is 2. The fourth-order valence-electron chi connectivity index (χ4n) is 0.420. The van der Waals surface area contributed by atoms with E-state index in [1.807, 2.05) is 13.8 Å². The van der Waals surface area contributed by atoms with E-state index in [0.29, 0.717) is 6.61 Å². The van der Waals surface area contributed by atoms with E-state index in [-0.39, 0.29) is 5.97 Å². The van der Waals surface area contributed by atoms with E-state index in [9.17, 15) is 9.59 Å². The Bertz CT molecular complexity index is 224. The summed E-state index contributed by atoms with van der Waals surface area (Å²) < 4.78 is 4.64. The number of carboxylic acids is 1. The van der Waals surface area contributed by atoms with E-state index in [1.165, 1.54) is 6.08 Å². The highest BCUT2D eigenvalue weighted by molar-refractivity contribution is 5.82. The van der Waals surface area contributed by atoms with Crippen molar-refractivity contribution in [1.82, 2.24) is 0 Å². The number of esters is 1. The van der Waals surface area contributed by atoms with Crippen LogP contribution in [0.5, 0.6) is 0 Å². The van der Waals surface area contributed by atoms with Gasteiger partial charge < -0.3 is 9.84 Å². The Morgan fingerprint density at radius 3 is 2.07 bits per heavy atom. The Hall–Kier alpha value is -1.58. The molecular formula is C10H16O4. The quantitative estimate of drug-likeness (QED) is 0.557. The molecule has 0 aliphatic heterocycles. The van der Waals surface area contributed by atoms with Gasteiger partial charge in [-0.05, 0) is 20.8 Å². The summed E-state index contributed by atoms with van der Waals surface area (Å²) in [5, 5.41) is 7.60. The van der Waals surface area contributed by atoms with Gasteiger partial charge in [0.25, 0.3) is 0 Å². The Morgan fingerprint density at radius 2 is 1.86 bits per heavy atom. The Kier molecular flexibility index (Phi) is 10.1. The first-order valence-corrected chi connectivity index (χ1v) is 4.11. The summed E-state index contributed by atoms with van der Waals surface area (Å²) in [6, 6.07) is 0. The lowest BCUT2D eigenvalue weighted by molar-refractivity contribution is -0.137. The van der Waals surface area contributed by atoms with Crippen LogP contribution < -0.4 is 0 Å². The molecule has 0 amide bonds. The van der Waals surface area contributed by atoms with Crippen molar-refractivity contribution in [2.75, 3.05) is 6.61 Å². The highest BCUT2D eigenvalue weighted by Crippen LogP contribution is 1.89. The highest BCUT2D eigenvalue weighted by Gasteiger charge is 1.92. The second-order valence-electron chi connectivity index (χ2n) is 2.52. The predicted molar refractivity (Wildman–Crippen MR) is 53.9 cm³/mol. The second kappa shape index (κ2) is 9.51. The van der Waals surface area contributed by atoms with Gasteiger partial charge in [0.2, 0.25) is 0 Å². The minimum Gasteiger partial charge on any atom is -0.478 e. The van der Waals surface area contributed by atoms with Gasteiger partial charge in [-0.3, -0.25) is 0 Å². The predicted octanol–water partition coefficient (Wildman–Crippen LogP) is 1.77. The highest BCUT2D eigenvalue weighted by atomic mass is 16.5. The first-order chi connectivity index (χ1) is 6.43. The van der Waals surface area contributed by atoms with Crippen LogP contribution in [0.1, 0.15) is 20.8 Å². The zero-order valence-corrected chi connectivity index (χ0v) is 8.74. The molecule has 0 aromatic heterocycles. The fraction of sp³-hybridized carbons (Fsp3) is 0.400. The summed E-state index contributed by atoms with van der Waals surface area (Å²) in [5.41, 5.74) is 0.966. The minimum atomic E-state index is -0.981. The van der Waals surface area contributed by atoms with Crippen LogP contribution >= 0.6 is 0 Å². The number of allylic oxidation sites excluding steroid dienone is 1. The van der Waals surface area contributed by atoms with Crippen LogP contribution in [0.15, 0.2) is 24.3 Å². The van der Waals surface area contributed by atoms with Crippen molar-refractivity contribution in [2.45, 2.75) is 20.8 Å². The Morgan fingerprint density at radius 1 is 1.43 bits per heavy atom. The Balaban J connectivity index is 0. The largest absolute Gasteiger partial charge is 0.478 e. The summed E-state index contributed by atoms with van der Waals surface area (Å²) in [6.45, 7) is 8.91. The van der Waals surface area contributed by atoms with Gasteiger partial charge in [0, 0.05) is 12.2 Å². The molecule has 4 nitrogen and oxygen atoms in total. The van der Waals surface area contributed by atoms with E-state index in [0.717, 1.165) is 11.6 Å². The molecule has 0 saturated heterocycles. The van der Waals surface area contributed by atoms with Crippen LogP contribution in [-0.2, 0) is 14.3 Å². The van der Waals surface area contributed by atoms with Crippen molar-refractivity contribution >= 4 is 11.9 Å². The lowest BCUT2D eigenvalue weighted by Gasteiger charge is -1.94. The lowest BCUT2D eigenvalue weighted by atomic mass is 10.3. The van der Waals surface area contributed by atoms with E-state index in [4.69, 9.17) is 5.11 Å². The normalized spacial score (nSPS) is 7.64. The van der Waals surface area contributed by atoms with E-state index >= 15 is 0 Å². The molecule has 0 aliphatic rings. The van der Waals surface area contributed by atoms with E-state index in [1.54, 1.807) is 6.92 Å². The smallest absolute Gasteiger partial charge is 0.330 e. The van der Waals surface area contributed by atoms with Gasteiger partial charge in [-0.15, -0.1) is 0 Å². The molecule has 0 bridgehead atoms. The molecule has 0 fully saturated rings. The van der Waals surface area contributed by atoms with Crippen LogP contribution in [0.3, 0.4) is 0 Å². The monoisotopic (exact) mass is 200 g/mol. The molecule has 14 heavy (non-hydrogen) atoms. The molecule has 0 saturated carbocycles. The minimum absolute atomic E-state index is 0.252. The number of hydrogen-bond donors (Lipinski definition) is 1. The molecule has 4 heteroatoms. The number of rotatable bonds is 3. The number of aliphatic carboxylic acids is 1.